The van der Waals surface area contributed by atoms with Crippen molar-refractivity contribution in [3.05, 3.63) is 59.0 Å². The number of benzene rings is 1. The Morgan fingerprint density at radius 1 is 1.15 bits per heavy atom. The van der Waals surface area contributed by atoms with E-state index in [1.54, 1.807) is 31.4 Å². The molecule has 5 rings (SSSR count). The zero-order valence-electron chi connectivity index (χ0n) is 22.7. The van der Waals surface area contributed by atoms with Gasteiger partial charge in [0.15, 0.2) is 0 Å². The molecule has 1 aliphatic heterocycles. The van der Waals surface area contributed by atoms with Crippen LogP contribution in [-0.2, 0) is 16.0 Å². The molecule has 1 aromatic carbocycles. The maximum absolute atomic E-state index is 11.9. The molecule has 40 heavy (non-hydrogen) atoms. The van der Waals surface area contributed by atoms with Crippen molar-refractivity contribution >= 4 is 51.5 Å². The molecule has 4 heterocycles. The molecule has 0 aliphatic carbocycles. The lowest BCUT2D eigenvalue weighted by Crippen LogP contribution is -2.40. The summed E-state index contributed by atoms with van der Waals surface area (Å²) in [5, 5.41) is 4.71. The van der Waals surface area contributed by atoms with Crippen molar-refractivity contribution in [2.75, 3.05) is 46.3 Å². The number of rotatable bonds is 9. The van der Waals surface area contributed by atoms with Crippen LogP contribution >= 0.6 is 23.2 Å². The number of likely N-dealkylation sites (tertiary alicyclic amines) is 1. The first kappa shape index (κ1) is 28.0. The Labute approximate surface area is 242 Å². The Morgan fingerprint density at radius 3 is 2.48 bits per heavy atom. The van der Waals surface area contributed by atoms with E-state index in [-0.39, 0.29) is 12.0 Å². The molecule has 9 nitrogen and oxygen atoms in total. The predicted molar refractivity (Wildman–Crippen MR) is 158 cm³/mol. The van der Waals surface area contributed by atoms with E-state index in [0.717, 1.165) is 40.8 Å². The average molecular weight is 585 g/mol. The summed E-state index contributed by atoms with van der Waals surface area (Å²) in [6.07, 6.45) is 7.49. The number of carbonyl (C=O) groups excluding carboxylic acids is 1. The van der Waals surface area contributed by atoms with Crippen molar-refractivity contribution in [2.45, 2.75) is 25.4 Å². The van der Waals surface area contributed by atoms with Gasteiger partial charge >= 0.3 is 0 Å². The number of imidazole rings is 1. The minimum absolute atomic E-state index is 0.0309. The second-order valence-electron chi connectivity index (χ2n) is 9.50. The fourth-order valence-corrected chi connectivity index (χ4v) is 5.77. The number of hydrogen-bond acceptors (Lipinski definition) is 7. The van der Waals surface area contributed by atoms with Gasteiger partial charge in [0.1, 0.15) is 23.0 Å². The third-order valence-corrected chi connectivity index (χ3v) is 7.96. The molecule has 210 valence electrons. The lowest BCUT2D eigenvalue weighted by Gasteiger charge is -2.31. The first-order valence-corrected chi connectivity index (χ1v) is 13.8. The van der Waals surface area contributed by atoms with Crippen LogP contribution in [-0.4, -0.2) is 72.2 Å². The van der Waals surface area contributed by atoms with Gasteiger partial charge in [-0.2, -0.15) is 0 Å². The Balaban J connectivity index is 1.50. The van der Waals surface area contributed by atoms with Gasteiger partial charge in [-0.3, -0.25) is 9.20 Å². The highest BCUT2D eigenvalue weighted by Gasteiger charge is 2.24. The minimum atomic E-state index is -0.0309. The molecule has 1 aliphatic rings. The number of nitrogens with one attached hydrogen (secondary N) is 1. The van der Waals surface area contributed by atoms with Crippen molar-refractivity contribution in [3.8, 4) is 22.6 Å². The summed E-state index contributed by atoms with van der Waals surface area (Å²) in [5.41, 5.74) is 3.77. The van der Waals surface area contributed by atoms with Crippen LogP contribution in [0.25, 0.3) is 27.7 Å². The largest absolute Gasteiger partial charge is 0.495 e. The lowest BCUT2D eigenvalue weighted by atomic mass is 10.0. The maximum atomic E-state index is 11.9. The Hall–Kier alpha value is -3.53. The molecule has 1 saturated heterocycles. The van der Waals surface area contributed by atoms with Crippen LogP contribution < -0.4 is 14.8 Å². The molecule has 0 bridgehead atoms. The maximum Gasteiger partial charge on any atom is 0.245 e. The van der Waals surface area contributed by atoms with Gasteiger partial charge in [-0.25, -0.2) is 9.97 Å². The van der Waals surface area contributed by atoms with Gasteiger partial charge in [-0.05, 0) is 25.0 Å². The Morgan fingerprint density at radius 2 is 1.85 bits per heavy atom. The Bertz CT molecular complexity index is 1550. The van der Waals surface area contributed by atoms with Crippen molar-refractivity contribution < 1.29 is 19.0 Å². The molecular formula is C29H31Cl2N5O4. The molecule has 11 heteroatoms. The summed E-state index contributed by atoms with van der Waals surface area (Å²) in [6.45, 7) is 5.43. The van der Waals surface area contributed by atoms with Crippen LogP contribution in [0, 0.1) is 0 Å². The topological polar surface area (TPSA) is 90.2 Å². The van der Waals surface area contributed by atoms with Crippen LogP contribution in [0.1, 0.15) is 18.5 Å². The van der Waals surface area contributed by atoms with Crippen LogP contribution in [0.3, 0.4) is 0 Å². The number of halogens is 2. The van der Waals surface area contributed by atoms with Crippen molar-refractivity contribution in [3.63, 3.8) is 0 Å². The van der Waals surface area contributed by atoms with E-state index >= 15 is 0 Å². The molecule has 1 fully saturated rings. The summed E-state index contributed by atoms with van der Waals surface area (Å²) in [6, 6.07) is 5.62. The highest BCUT2D eigenvalue weighted by atomic mass is 35.5. The van der Waals surface area contributed by atoms with Gasteiger partial charge in [-0.15, -0.1) is 0 Å². The van der Waals surface area contributed by atoms with E-state index < -0.39 is 0 Å². The van der Waals surface area contributed by atoms with Crippen molar-refractivity contribution in [2.24, 2.45) is 0 Å². The Kier molecular flexibility index (Phi) is 8.35. The van der Waals surface area contributed by atoms with E-state index in [4.69, 9.17) is 42.4 Å². The smallest absolute Gasteiger partial charge is 0.245 e. The first-order chi connectivity index (χ1) is 19.4. The third-order valence-electron chi connectivity index (χ3n) is 7.21. The number of anilines is 1. The summed E-state index contributed by atoms with van der Waals surface area (Å²) in [5.74, 6) is 1.60. The molecule has 0 unspecified atom stereocenters. The second kappa shape index (κ2) is 11.9. The summed E-state index contributed by atoms with van der Waals surface area (Å²) in [4.78, 5) is 23.2. The van der Waals surface area contributed by atoms with E-state index in [1.165, 1.54) is 6.08 Å². The third kappa shape index (κ3) is 5.29. The molecule has 1 N–H and O–H groups in total. The van der Waals surface area contributed by atoms with Crippen LogP contribution in [0.2, 0.25) is 10.0 Å². The molecule has 0 atom stereocenters. The van der Waals surface area contributed by atoms with Crippen LogP contribution in [0.4, 0.5) is 5.82 Å². The van der Waals surface area contributed by atoms with E-state index in [2.05, 4.69) is 16.9 Å². The minimum Gasteiger partial charge on any atom is -0.495 e. The SMILES string of the molecule is C=CC(=O)N1CCC(OCCc2cn3c(n2)c(-c2c(Cl)c(OC)cc(OC)c2Cl)cc2cnc(NC)cc23)CC1. The quantitative estimate of drug-likeness (QED) is 0.254. The van der Waals surface area contributed by atoms with Crippen LogP contribution in [0.5, 0.6) is 11.5 Å². The number of hydrogen-bond donors (Lipinski definition) is 1. The van der Waals surface area contributed by atoms with Crippen LogP contribution in [0.15, 0.2) is 43.2 Å². The molecule has 1 amide bonds. The van der Waals surface area contributed by atoms with Gasteiger partial charge in [0.2, 0.25) is 5.91 Å². The van der Waals surface area contributed by atoms with Gasteiger partial charge in [0.05, 0.1) is 48.2 Å². The summed E-state index contributed by atoms with van der Waals surface area (Å²) >= 11 is 13.6. The number of pyridine rings is 2. The summed E-state index contributed by atoms with van der Waals surface area (Å²) in [7, 11) is 4.93. The summed E-state index contributed by atoms with van der Waals surface area (Å²) < 4.78 is 19.2. The van der Waals surface area contributed by atoms with Gasteiger partial charge < -0.3 is 24.4 Å². The molecule has 0 spiro atoms. The van der Waals surface area contributed by atoms with Crippen molar-refractivity contribution in [1.29, 1.82) is 0 Å². The van der Waals surface area contributed by atoms with Crippen molar-refractivity contribution in [1.82, 2.24) is 19.3 Å². The molecule has 0 saturated carbocycles. The highest BCUT2D eigenvalue weighted by molar-refractivity contribution is 6.41. The number of methoxy groups -OCH3 is 2. The second-order valence-corrected chi connectivity index (χ2v) is 10.3. The zero-order chi connectivity index (χ0) is 28.4. The standard InChI is InChI=1S/C29H31Cl2N5O4/c1-5-25(37)35-9-6-19(7-10-35)40-11-8-18-16-36-21-13-24(32-2)33-15-17(21)12-20(29(36)34-18)26-27(30)22(38-3)14-23(39-4)28(26)31/h5,12-16,19H,1,6-11H2,2-4H3,(H,32,33). The first-order valence-electron chi connectivity index (χ1n) is 13.0. The number of carbonyl (C=O) groups is 1. The molecule has 0 radical (unpaired) electrons. The number of ether oxygens (including phenoxy) is 3. The number of amides is 1. The number of aromatic nitrogens is 3. The van der Waals surface area contributed by atoms with E-state index in [1.807, 2.05) is 29.8 Å². The predicted octanol–water partition coefficient (Wildman–Crippen LogP) is 5.65. The van der Waals surface area contributed by atoms with E-state index in [9.17, 15) is 4.79 Å². The highest BCUT2D eigenvalue weighted by Crippen LogP contribution is 2.47. The van der Waals surface area contributed by atoms with Gasteiger partial charge in [0, 0.05) is 67.6 Å². The normalized spacial score (nSPS) is 14.1. The van der Waals surface area contributed by atoms with Gasteiger partial charge in [-0.1, -0.05) is 29.8 Å². The average Bonchev–Trinajstić information content (AvgIpc) is 3.41. The molecular weight excluding hydrogens is 553 g/mol. The fourth-order valence-electron chi connectivity index (χ4n) is 5.06. The number of nitrogens with zero attached hydrogens (tertiary/aromatic N) is 4. The number of fused-ring (bicyclic) bond motifs is 3. The lowest BCUT2D eigenvalue weighted by molar-refractivity contribution is -0.128. The van der Waals surface area contributed by atoms with E-state index in [0.29, 0.717) is 58.9 Å². The fraction of sp³-hybridized carbons (Fsp3) is 0.345. The molecule has 3 aromatic heterocycles. The monoisotopic (exact) mass is 583 g/mol. The zero-order valence-corrected chi connectivity index (χ0v) is 24.2. The molecule has 4 aromatic rings. The van der Waals surface area contributed by atoms with Gasteiger partial charge in [0.25, 0.3) is 0 Å². The number of piperidine rings is 1.